The molecule has 78 heavy (non-hydrogen) atoms. The van der Waals surface area contributed by atoms with E-state index in [1.54, 1.807) is 80.1 Å². The van der Waals surface area contributed by atoms with Gasteiger partial charge in [-0.15, -0.1) is 0 Å². The van der Waals surface area contributed by atoms with Crippen LogP contribution in [0.2, 0.25) is 0 Å². The molecule has 1 aromatic heterocycles. The highest BCUT2D eigenvalue weighted by Gasteiger charge is 2.39. The van der Waals surface area contributed by atoms with Crippen LogP contribution in [-0.4, -0.2) is 141 Å². The van der Waals surface area contributed by atoms with Crippen LogP contribution in [0, 0.1) is 17.0 Å². The van der Waals surface area contributed by atoms with Gasteiger partial charge in [-0.2, -0.15) is 0 Å². The number of hydrogen-bond acceptors (Lipinski definition) is 12. The third kappa shape index (κ3) is 17.4. The van der Waals surface area contributed by atoms with E-state index in [4.69, 9.17) is 4.74 Å². The number of amides is 9. The standard InChI is InChI=1S/C54H63F2N9O13/c1-32(59-49(73)33(2)60-53(77)78-31-35-14-10-7-11-15-35)50(74)62-41(26-47(71)72)52(76)61-40(51(75)58-22-21-57-43(67)29-65-44(68)18-19-45(65)69)20-23-64(46(70)30-66)48(54(3,4)5)42-24-36(38-25-37(55)16-17-39(38)56)28-63(42)27-34-12-8-6-9-13-34/h6-19,24-25,28,32-33,40-41,48,66H,20-23,26-27,29-31H2,1-5H3,(H,57,67)(H,58,75)(H,59,73)(H,60,77)(H,61,76)(H,62,74)(H,71,72)/t32-,33+,40+,41+,48+/m1/s1. The zero-order valence-corrected chi connectivity index (χ0v) is 43.5. The summed E-state index contributed by atoms with van der Waals surface area (Å²) in [6, 6.07) is 15.2. The number of ether oxygens (including phenoxy) is 1. The van der Waals surface area contributed by atoms with Crippen molar-refractivity contribution in [1.82, 2.24) is 46.3 Å². The number of aromatic nitrogens is 1. The lowest BCUT2D eigenvalue weighted by Gasteiger charge is -2.41. The largest absolute Gasteiger partial charge is 0.481 e. The summed E-state index contributed by atoms with van der Waals surface area (Å²) < 4.78 is 36.9. The molecule has 8 N–H and O–H groups in total. The Balaban J connectivity index is 1.39. The number of rotatable bonds is 26. The molecule has 1 aliphatic heterocycles. The van der Waals surface area contributed by atoms with Gasteiger partial charge in [-0.3, -0.25) is 48.1 Å². The zero-order chi connectivity index (χ0) is 57.3. The molecule has 0 saturated carbocycles. The third-order valence-corrected chi connectivity index (χ3v) is 12.2. The van der Waals surface area contributed by atoms with Crippen LogP contribution < -0.4 is 31.9 Å². The van der Waals surface area contributed by atoms with Crippen molar-refractivity contribution in [3.63, 3.8) is 0 Å². The number of aliphatic carboxylic acids is 1. The van der Waals surface area contributed by atoms with E-state index in [1.165, 1.54) is 18.7 Å². The smallest absolute Gasteiger partial charge is 0.408 e. The number of aliphatic hydroxyl groups excluding tert-OH is 1. The van der Waals surface area contributed by atoms with Crippen LogP contribution in [0.3, 0.4) is 0 Å². The van der Waals surface area contributed by atoms with Crippen LogP contribution in [0.25, 0.3) is 11.1 Å². The van der Waals surface area contributed by atoms with Gasteiger partial charge in [0.05, 0.1) is 12.5 Å². The number of carboxylic acid groups (broad SMARTS) is 1. The first kappa shape index (κ1) is 60.1. The third-order valence-electron chi connectivity index (χ3n) is 12.2. The van der Waals surface area contributed by atoms with Gasteiger partial charge >= 0.3 is 12.1 Å². The van der Waals surface area contributed by atoms with Gasteiger partial charge in [-0.25, -0.2) is 13.6 Å². The summed E-state index contributed by atoms with van der Waals surface area (Å²) in [5, 5.41) is 34.7. The van der Waals surface area contributed by atoms with Crippen molar-refractivity contribution in [2.24, 2.45) is 5.41 Å². The van der Waals surface area contributed by atoms with Crippen LogP contribution >= 0.6 is 0 Å². The Bertz CT molecular complexity index is 2860. The van der Waals surface area contributed by atoms with Crippen molar-refractivity contribution in [2.45, 2.75) is 90.8 Å². The fourth-order valence-corrected chi connectivity index (χ4v) is 8.30. The summed E-state index contributed by atoms with van der Waals surface area (Å²) in [7, 11) is 0. The number of alkyl carbamates (subject to hydrolysis) is 1. The molecule has 24 heteroatoms. The number of carboxylic acids is 1. The van der Waals surface area contributed by atoms with E-state index in [0.717, 1.165) is 35.9 Å². The number of carbonyl (C=O) groups is 10. The van der Waals surface area contributed by atoms with Crippen LogP contribution in [0.15, 0.2) is 103 Å². The maximum absolute atomic E-state index is 15.4. The highest BCUT2D eigenvalue weighted by molar-refractivity contribution is 6.14. The average molecular weight is 1080 g/mol. The SMILES string of the molecule is C[C@H](NC(=O)OCc1ccccc1)C(=O)N[C@H](C)C(=O)N[C@@H](CC(=O)O)C(=O)N[C@@H](CCN(C(=O)CO)[C@@H](c1cc(-c2cc(F)ccc2F)cn1Cc1ccccc1)C(C)(C)C)C(=O)NCCNC(=O)CN1C(=O)C=CC1=O. The van der Waals surface area contributed by atoms with Gasteiger partial charge in [0.25, 0.3) is 11.8 Å². The quantitative estimate of drug-likeness (QED) is 0.0331. The number of imide groups is 1. The predicted octanol–water partition coefficient (Wildman–Crippen LogP) is 2.20. The lowest BCUT2D eigenvalue weighted by molar-refractivity contribution is -0.142. The van der Waals surface area contributed by atoms with E-state index >= 15 is 4.39 Å². The molecule has 2 heterocycles. The molecule has 1 aliphatic rings. The van der Waals surface area contributed by atoms with Crippen LogP contribution in [0.5, 0.6) is 0 Å². The summed E-state index contributed by atoms with van der Waals surface area (Å²) in [5.41, 5.74) is 1.13. The molecule has 0 unspecified atom stereocenters. The predicted molar refractivity (Wildman–Crippen MR) is 276 cm³/mol. The van der Waals surface area contributed by atoms with Gasteiger partial charge < -0.3 is 56.3 Å². The zero-order valence-electron chi connectivity index (χ0n) is 43.5. The van der Waals surface area contributed by atoms with Crippen molar-refractivity contribution < 1.29 is 71.7 Å². The van der Waals surface area contributed by atoms with Gasteiger partial charge in [0, 0.05) is 61.3 Å². The summed E-state index contributed by atoms with van der Waals surface area (Å²) in [6.45, 7) is 5.34. The number of halogens is 2. The Hall–Kier alpha value is -8.80. The number of benzene rings is 3. The minimum Gasteiger partial charge on any atom is -0.481 e. The van der Waals surface area contributed by atoms with E-state index < -0.39 is 139 Å². The molecule has 0 saturated heterocycles. The maximum atomic E-state index is 15.4. The van der Waals surface area contributed by atoms with Gasteiger partial charge in [0.2, 0.25) is 35.4 Å². The Kier molecular flexibility index (Phi) is 21.4. The number of nitrogens with zero attached hydrogens (tertiary/aromatic N) is 3. The summed E-state index contributed by atoms with van der Waals surface area (Å²) in [6.07, 6.45) is 1.17. The first-order valence-corrected chi connectivity index (χ1v) is 24.7. The molecule has 0 aliphatic carbocycles. The maximum Gasteiger partial charge on any atom is 0.408 e. The number of nitrogens with one attached hydrogen (secondary N) is 6. The van der Waals surface area contributed by atoms with E-state index in [0.29, 0.717) is 16.2 Å². The molecule has 0 fully saturated rings. The van der Waals surface area contributed by atoms with Gasteiger partial charge in [0.1, 0.15) is 55.6 Å². The van der Waals surface area contributed by atoms with Crippen molar-refractivity contribution in [3.8, 4) is 11.1 Å². The highest BCUT2D eigenvalue weighted by atomic mass is 19.1. The molecule has 5 rings (SSSR count). The lowest BCUT2D eigenvalue weighted by Crippen LogP contribution is -2.58. The Morgan fingerprint density at radius 1 is 0.718 bits per heavy atom. The summed E-state index contributed by atoms with van der Waals surface area (Å²) >= 11 is 0. The van der Waals surface area contributed by atoms with E-state index in [1.807, 2.05) is 18.2 Å². The number of hydrogen-bond donors (Lipinski definition) is 8. The van der Waals surface area contributed by atoms with Crippen LogP contribution in [0.4, 0.5) is 13.6 Å². The van der Waals surface area contributed by atoms with Gasteiger partial charge in [-0.1, -0.05) is 81.4 Å². The van der Waals surface area contributed by atoms with E-state index in [2.05, 4.69) is 31.9 Å². The molecule has 9 amide bonds. The van der Waals surface area contributed by atoms with Crippen molar-refractivity contribution in [2.75, 3.05) is 32.8 Å². The van der Waals surface area contributed by atoms with E-state index in [-0.39, 0.29) is 37.4 Å². The second kappa shape index (κ2) is 27.8. The fourth-order valence-electron chi connectivity index (χ4n) is 8.30. The highest BCUT2D eigenvalue weighted by Crippen LogP contribution is 2.41. The summed E-state index contributed by atoms with van der Waals surface area (Å²) in [5.74, 6) is -10.0. The van der Waals surface area contributed by atoms with E-state index in [9.17, 15) is 62.5 Å². The van der Waals surface area contributed by atoms with Crippen LogP contribution in [-0.2, 0) is 61.0 Å². The van der Waals surface area contributed by atoms with Crippen LogP contribution in [0.1, 0.15) is 70.3 Å². The first-order chi connectivity index (χ1) is 36.9. The monoisotopic (exact) mass is 1080 g/mol. The molecule has 3 aromatic carbocycles. The second-order valence-corrected chi connectivity index (χ2v) is 19.3. The molecular formula is C54H63F2N9O13. The number of aliphatic hydroxyl groups is 1. The lowest BCUT2D eigenvalue weighted by atomic mass is 9.82. The van der Waals surface area contributed by atoms with Crippen molar-refractivity contribution in [1.29, 1.82) is 0 Å². The van der Waals surface area contributed by atoms with Crippen molar-refractivity contribution >= 4 is 59.3 Å². The molecule has 5 atom stereocenters. The topological polar surface area (TPSA) is 304 Å². The number of carbonyl (C=O) groups excluding carboxylic acids is 9. The minimum absolute atomic E-state index is 0.0792. The second-order valence-electron chi connectivity index (χ2n) is 19.3. The average Bonchev–Trinajstić information content (AvgIpc) is 3.96. The minimum atomic E-state index is -1.89. The molecule has 4 aromatic rings. The van der Waals surface area contributed by atoms with Crippen molar-refractivity contribution in [3.05, 3.63) is 132 Å². The Morgan fingerprint density at radius 2 is 1.31 bits per heavy atom. The molecule has 0 radical (unpaired) electrons. The fraction of sp³-hybridized carbons (Fsp3) is 0.370. The molecule has 22 nitrogen and oxygen atoms in total. The Morgan fingerprint density at radius 3 is 1.92 bits per heavy atom. The molecule has 0 spiro atoms. The molecule has 416 valence electrons. The molecule has 0 bridgehead atoms. The first-order valence-electron chi connectivity index (χ1n) is 24.7. The summed E-state index contributed by atoms with van der Waals surface area (Å²) in [4.78, 5) is 132. The van der Waals surface area contributed by atoms with Gasteiger partial charge in [-0.05, 0) is 61.1 Å². The Labute approximate surface area is 447 Å². The van der Waals surface area contributed by atoms with Gasteiger partial charge in [0.15, 0.2) is 0 Å². The molecular weight excluding hydrogens is 1020 g/mol. The normalized spacial score (nSPS) is 14.0.